The molecular formula is C30H38ClN5O4S. The van der Waals surface area contributed by atoms with Crippen LogP contribution in [0, 0.1) is 0 Å². The first-order valence-electron chi connectivity index (χ1n) is 14.0. The molecule has 1 aliphatic heterocycles. The number of amides is 1. The Balaban J connectivity index is 0.000000231. The van der Waals surface area contributed by atoms with Crippen LogP contribution in [0.15, 0.2) is 53.6 Å². The molecule has 0 saturated heterocycles. The number of hydrogen-bond acceptors (Lipinski definition) is 8. The summed E-state index contributed by atoms with van der Waals surface area (Å²) in [5.74, 6) is 1.72. The summed E-state index contributed by atoms with van der Waals surface area (Å²) in [6.07, 6.45) is 7.58. The van der Waals surface area contributed by atoms with Crippen molar-refractivity contribution >= 4 is 44.8 Å². The highest BCUT2D eigenvalue weighted by Gasteiger charge is 2.23. The van der Waals surface area contributed by atoms with Crippen molar-refractivity contribution in [1.29, 1.82) is 0 Å². The Hall–Kier alpha value is -3.37. The fraction of sp³-hybridized carbons (Fsp3) is 0.433. The zero-order valence-corrected chi connectivity index (χ0v) is 25.5. The van der Waals surface area contributed by atoms with Crippen LogP contribution in [0.25, 0.3) is 0 Å². The fourth-order valence-corrected chi connectivity index (χ4v) is 6.05. The number of halogens is 1. The van der Waals surface area contributed by atoms with Crippen molar-refractivity contribution in [2.24, 2.45) is 0 Å². The monoisotopic (exact) mass is 599 g/mol. The highest BCUT2D eigenvalue weighted by molar-refractivity contribution is 7.92. The van der Waals surface area contributed by atoms with Crippen molar-refractivity contribution in [1.82, 2.24) is 15.3 Å². The Morgan fingerprint density at radius 1 is 1.05 bits per heavy atom. The SMILES string of the molecule is CC(C)Oc1ccc2c(c1)CNC2=O.CC(C)S(=O)(=O)c1ccccc1Nc1nc(NC2CCCCC2)ncc1Cl. The minimum atomic E-state index is -3.44. The average Bonchev–Trinajstić information content (AvgIpc) is 3.31. The summed E-state index contributed by atoms with van der Waals surface area (Å²) in [4.78, 5) is 20.2. The van der Waals surface area contributed by atoms with Gasteiger partial charge in [0.1, 0.15) is 10.8 Å². The third-order valence-corrected chi connectivity index (χ3v) is 9.37. The third kappa shape index (κ3) is 7.89. The summed E-state index contributed by atoms with van der Waals surface area (Å²) in [6, 6.07) is 12.7. The Morgan fingerprint density at radius 3 is 2.49 bits per heavy atom. The molecule has 5 rings (SSSR count). The van der Waals surface area contributed by atoms with Gasteiger partial charge in [-0.15, -0.1) is 0 Å². The summed E-state index contributed by atoms with van der Waals surface area (Å²) in [5, 5.41) is 9.02. The second kappa shape index (κ2) is 13.5. The molecule has 2 heterocycles. The Bertz CT molecular complexity index is 1470. The summed E-state index contributed by atoms with van der Waals surface area (Å²) in [5.41, 5.74) is 2.24. The standard InChI is InChI=1S/C19H25ClN4O2S.C11H13NO2/c1-13(2)27(25,26)17-11-7-6-10-16(17)23-18-15(20)12-21-19(24-18)22-14-8-4-3-5-9-14;1-7(2)14-9-3-4-10-8(5-9)6-12-11(10)13/h6-7,10-14H,3-5,8-9H2,1-2H3,(H2,21,22,23,24);3-5,7H,6H2,1-2H3,(H,12,13). The van der Waals surface area contributed by atoms with Gasteiger partial charge < -0.3 is 20.7 Å². The van der Waals surface area contributed by atoms with E-state index in [0.717, 1.165) is 29.7 Å². The van der Waals surface area contributed by atoms with Gasteiger partial charge in [-0.25, -0.2) is 13.4 Å². The lowest BCUT2D eigenvalue weighted by molar-refractivity contribution is 0.0965. The predicted molar refractivity (Wildman–Crippen MR) is 163 cm³/mol. The van der Waals surface area contributed by atoms with E-state index in [2.05, 4.69) is 25.9 Å². The van der Waals surface area contributed by atoms with E-state index in [9.17, 15) is 13.2 Å². The van der Waals surface area contributed by atoms with Gasteiger partial charge in [0.2, 0.25) is 5.95 Å². The minimum Gasteiger partial charge on any atom is -0.491 e. The smallest absolute Gasteiger partial charge is 0.251 e. The van der Waals surface area contributed by atoms with E-state index in [1.54, 1.807) is 38.1 Å². The van der Waals surface area contributed by atoms with Crippen LogP contribution in [-0.4, -0.2) is 41.7 Å². The summed E-state index contributed by atoms with van der Waals surface area (Å²) < 4.78 is 30.8. The number of nitrogens with one attached hydrogen (secondary N) is 3. The molecule has 1 amide bonds. The molecule has 41 heavy (non-hydrogen) atoms. The van der Waals surface area contributed by atoms with Crippen LogP contribution < -0.4 is 20.7 Å². The zero-order chi connectivity index (χ0) is 29.6. The molecule has 2 aliphatic rings. The van der Waals surface area contributed by atoms with Gasteiger partial charge in [0.05, 0.1) is 28.1 Å². The van der Waals surface area contributed by atoms with E-state index < -0.39 is 15.1 Å². The van der Waals surface area contributed by atoms with Crippen LogP contribution >= 0.6 is 11.6 Å². The molecule has 1 saturated carbocycles. The molecule has 11 heteroatoms. The zero-order valence-electron chi connectivity index (χ0n) is 23.9. The number of sulfone groups is 1. The Morgan fingerprint density at radius 2 is 1.78 bits per heavy atom. The number of anilines is 3. The molecule has 0 atom stereocenters. The molecule has 1 fully saturated rings. The normalized spacial score (nSPS) is 15.1. The first kappa shape index (κ1) is 30.6. The van der Waals surface area contributed by atoms with Gasteiger partial charge in [-0.3, -0.25) is 4.79 Å². The number of rotatable bonds is 8. The highest BCUT2D eigenvalue weighted by Crippen LogP contribution is 2.30. The van der Waals surface area contributed by atoms with Gasteiger partial charge in [-0.2, -0.15) is 4.98 Å². The van der Waals surface area contributed by atoms with Crippen molar-refractivity contribution in [2.75, 3.05) is 10.6 Å². The van der Waals surface area contributed by atoms with Crippen LogP contribution in [0.2, 0.25) is 5.02 Å². The molecule has 3 N–H and O–H groups in total. The van der Waals surface area contributed by atoms with Crippen LogP contribution in [-0.2, 0) is 16.4 Å². The predicted octanol–water partition coefficient (Wildman–Crippen LogP) is 6.52. The number of hydrogen-bond donors (Lipinski definition) is 3. The van der Waals surface area contributed by atoms with Crippen LogP contribution in [0.1, 0.15) is 75.7 Å². The molecular weight excluding hydrogens is 562 g/mol. The van der Waals surface area contributed by atoms with Crippen molar-refractivity contribution < 1.29 is 17.9 Å². The summed E-state index contributed by atoms with van der Waals surface area (Å²) in [7, 11) is -3.44. The maximum Gasteiger partial charge on any atom is 0.251 e. The average molecular weight is 600 g/mol. The van der Waals surface area contributed by atoms with Gasteiger partial charge in [0.15, 0.2) is 15.7 Å². The van der Waals surface area contributed by atoms with Gasteiger partial charge in [-0.1, -0.05) is 43.0 Å². The van der Waals surface area contributed by atoms with Crippen molar-refractivity contribution in [3.8, 4) is 5.75 Å². The van der Waals surface area contributed by atoms with Crippen LogP contribution in [0.5, 0.6) is 5.75 Å². The molecule has 1 aliphatic carbocycles. The Labute approximate surface area is 247 Å². The molecule has 3 aromatic rings. The second-order valence-electron chi connectivity index (χ2n) is 10.8. The highest BCUT2D eigenvalue weighted by atomic mass is 35.5. The van der Waals surface area contributed by atoms with E-state index in [1.807, 2.05) is 32.0 Å². The number of benzene rings is 2. The number of ether oxygens (including phenoxy) is 1. The van der Waals surface area contributed by atoms with E-state index >= 15 is 0 Å². The maximum atomic E-state index is 12.6. The first-order chi connectivity index (χ1) is 19.5. The number of para-hydroxylation sites is 1. The molecule has 0 unspecified atom stereocenters. The number of carbonyl (C=O) groups excluding carboxylic acids is 1. The molecule has 9 nitrogen and oxygen atoms in total. The molecule has 0 bridgehead atoms. The van der Waals surface area contributed by atoms with E-state index in [0.29, 0.717) is 35.1 Å². The number of aromatic nitrogens is 2. The summed E-state index contributed by atoms with van der Waals surface area (Å²) >= 11 is 6.25. The van der Waals surface area contributed by atoms with Gasteiger partial charge in [-0.05, 0) is 76.4 Å². The van der Waals surface area contributed by atoms with Crippen molar-refractivity contribution in [3.05, 3.63) is 64.8 Å². The van der Waals surface area contributed by atoms with Crippen LogP contribution in [0.3, 0.4) is 0 Å². The lowest BCUT2D eigenvalue weighted by atomic mass is 9.96. The lowest BCUT2D eigenvalue weighted by Gasteiger charge is -2.23. The van der Waals surface area contributed by atoms with E-state index in [-0.39, 0.29) is 16.9 Å². The van der Waals surface area contributed by atoms with Crippen LogP contribution in [0.4, 0.5) is 17.5 Å². The molecule has 220 valence electrons. The quantitative estimate of drug-likeness (QED) is 0.267. The van der Waals surface area contributed by atoms with Gasteiger partial charge in [0, 0.05) is 18.2 Å². The van der Waals surface area contributed by atoms with E-state index in [1.165, 1.54) is 25.5 Å². The molecule has 2 aromatic carbocycles. The topological polar surface area (TPSA) is 122 Å². The minimum absolute atomic E-state index is 0.0103. The largest absolute Gasteiger partial charge is 0.491 e. The summed E-state index contributed by atoms with van der Waals surface area (Å²) in [6.45, 7) is 7.91. The first-order valence-corrected chi connectivity index (χ1v) is 15.9. The van der Waals surface area contributed by atoms with Gasteiger partial charge in [0.25, 0.3) is 5.91 Å². The van der Waals surface area contributed by atoms with Crippen molar-refractivity contribution in [3.63, 3.8) is 0 Å². The van der Waals surface area contributed by atoms with Crippen molar-refractivity contribution in [2.45, 2.75) is 88.6 Å². The van der Waals surface area contributed by atoms with E-state index in [4.69, 9.17) is 16.3 Å². The number of fused-ring (bicyclic) bond motifs is 1. The molecule has 0 spiro atoms. The third-order valence-electron chi connectivity index (χ3n) is 6.88. The maximum absolute atomic E-state index is 12.6. The molecule has 1 aromatic heterocycles. The Kier molecular flexibility index (Phi) is 10.1. The van der Waals surface area contributed by atoms with Gasteiger partial charge >= 0.3 is 0 Å². The lowest BCUT2D eigenvalue weighted by Crippen LogP contribution is -2.23. The number of nitrogens with zero attached hydrogens (tertiary/aromatic N) is 2. The second-order valence-corrected chi connectivity index (χ2v) is 13.6. The number of carbonyl (C=O) groups is 1. The fourth-order valence-electron chi connectivity index (χ4n) is 4.71. The molecule has 0 radical (unpaired) electrons.